The quantitative estimate of drug-likeness (QED) is 0.459. The molecule has 0 bridgehead atoms. The first kappa shape index (κ1) is 22.0. The van der Waals surface area contributed by atoms with E-state index in [1.807, 2.05) is 12.1 Å². The van der Waals surface area contributed by atoms with Crippen LogP contribution >= 0.6 is 27.7 Å². The lowest BCUT2D eigenvalue weighted by Gasteiger charge is -2.08. The Morgan fingerprint density at radius 2 is 2.11 bits per heavy atom. The smallest absolute Gasteiger partial charge is 0.344 e. The molecule has 0 saturated heterocycles. The molecule has 1 aliphatic rings. The maximum Gasteiger partial charge on any atom is 0.344 e. The fourth-order valence-electron chi connectivity index (χ4n) is 2.24. The molecule has 1 aromatic carbocycles. The van der Waals surface area contributed by atoms with Gasteiger partial charge in [-0.15, -0.1) is 0 Å². The number of amides is 1. The van der Waals surface area contributed by atoms with E-state index in [0.29, 0.717) is 22.8 Å². The van der Waals surface area contributed by atoms with Crippen molar-refractivity contribution < 1.29 is 24.2 Å². The van der Waals surface area contributed by atoms with E-state index in [1.165, 1.54) is 0 Å². The number of carbonyl (C=O) groups is 2. The Hall–Kier alpha value is -2.32. The van der Waals surface area contributed by atoms with Gasteiger partial charge in [-0.3, -0.25) is 4.79 Å². The number of benzene rings is 1. The van der Waals surface area contributed by atoms with E-state index >= 15 is 0 Å². The van der Waals surface area contributed by atoms with Gasteiger partial charge in [-0.2, -0.15) is 0 Å². The Kier molecular flexibility index (Phi) is 8.07. The maximum absolute atomic E-state index is 12.3. The highest BCUT2D eigenvalue weighted by Crippen LogP contribution is 2.40. The van der Waals surface area contributed by atoms with Crippen molar-refractivity contribution >= 4 is 50.7 Å². The zero-order valence-corrected chi connectivity index (χ0v) is 17.9. The van der Waals surface area contributed by atoms with E-state index in [2.05, 4.69) is 27.5 Å². The molecule has 148 valence electrons. The Morgan fingerprint density at radius 1 is 1.36 bits per heavy atom. The summed E-state index contributed by atoms with van der Waals surface area (Å²) < 4.78 is 11.5. The molecule has 1 N–H and O–H groups in total. The molecule has 2 rings (SSSR count). The second kappa shape index (κ2) is 10.3. The highest BCUT2D eigenvalue weighted by Gasteiger charge is 2.33. The van der Waals surface area contributed by atoms with Crippen LogP contribution in [0.4, 0.5) is 0 Å². The number of halogens is 1. The van der Waals surface area contributed by atoms with Gasteiger partial charge in [0.05, 0.1) is 11.5 Å². The lowest BCUT2D eigenvalue weighted by molar-refractivity contribution is -0.138. The molecule has 1 amide bonds. The predicted octanol–water partition coefficient (Wildman–Crippen LogP) is 4.81. The van der Waals surface area contributed by atoms with Gasteiger partial charge < -0.3 is 14.6 Å². The number of thioether (sulfide) groups is 1. The third-order valence-electron chi connectivity index (χ3n) is 3.51. The highest BCUT2D eigenvalue weighted by atomic mass is 79.9. The van der Waals surface area contributed by atoms with Gasteiger partial charge in [0.1, 0.15) is 28.7 Å². The number of aliphatic imine (C=N–C) groups is 1. The molecule has 0 aromatic heterocycles. The number of rotatable bonds is 7. The van der Waals surface area contributed by atoms with Crippen LogP contribution in [0.2, 0.25) is 0 Å². The third kappa shape index (κ3) is 5.36. The first-order valence-corrected chi connectivity index (χ1v) is 10.2. The second-order valence-corrected chi connectivity index (χ2v) is 7.45. The van der Waals surface area contributed by atoms with Gasteiger partial charge in [-0.25, -0.2) is 9.79 Å². The average molecular weight is 466 g/mol. The number of hydrogen-bond donors (Lipinski definition) is 1. The number of aliphatic hydroxyl groups excluding tert-OH is 1. The summed E-state index contributed by atoms with van der Waals surface area (Å²) in [7, 11) is 0. The minimum atomic E-state index is -0.726. The van der Waals surface area contributed by atoms with Crippen molar-refractivity contribution in [3.05, 3.63) is 57.1 Å². The summed E-state index contributed by atoms with van der Waals surface area (Å²) in [5.74, 6) is -0.816. The number of carbonyl (C=O) groups excluding carboxylic acids is 2. The Morgan fingerprint density at radius 3 is 2.75 bits per heavy atom. The summed E-state index contributed by atoms with van der Waals surface area (Å²) in [5, 5.41) is 10.8. The Bertz CT molecular complexity index is 889. The van der Waals surface area contributed by atoms with Gasteiger partial charge in [-0.1, -0.05) is 47.3 Å². The molecule has 6 nitrogen and oxygen atoms in total. The zero-order valence-electron chi connectivity index (χ0n) is 15.5. The lowest BCUT2D eigenvalue weighted by atomic mass is 10.1. The average Bonchev–Trinajstić information content (AvgIpc) is 2.96. The van der Waals surface area contributed by atoms with Crippen LogP contribution in [0.1, 0.15) is 25.8 Å². The summed E-state index contributed by atoms with van der Waals surface area (Å²) in [6.45, 7) is 7.41. The molecule has 1 aliphatic heterocycles. The third-order valence-corrected chi connectivity index (χ3v) is 5.03. The molecular formula is C20H20BrNO5S. The van der Waals surface area contributed by atoms with E-state index in [-0.39, 0.29) is 29.4 Å². The van der Waals surface area contributed by atoms with Crippen molar-refractivity contribution in [3.8, 4) is 5.75 Å². The summed E-state index contributed by atoms with van der Waals surface area (Å²) in [5.41, 5.74) is 0.569. The SMILES string of the molecule is C=CCOc1ccc(Br)cc1/C=C1\SC(=NC(=O)CC)C(C(=O)OCC)=C1O. The van der Waals surface area contributed by atoms with Gasteiger partial charge in [0.2, 0.25) is 5.91 Å². The van der Waals surface area contributed by atoms with Crippen molar-refractivity contribution in [1.29, 1.82) is 0 Å². The monoisotopic (exact) mass is 465 g/mol. The molecule has 8 heteroatoms. The molecule has 0 radical (unpaired) electrons. The summed E-state index contributed by atoms with van der Waals surface area (Å²) in [6.07, 6.45) is 3.48. The minimum absolute atomic E-state index is 0.108. The van der Waals surface area contributed by atoms with E-state index < -0.39 is 11.9 Å². The number of nitrogens with zero attached hydrogens (tertiary/aromatic N) is 1. The first-order chi connectivity index (χ1) is 13.4. The number of hydrogen-bond acceptors (Lipinski definition) is 6. The molecule has 1 aromatic rings. The standard InChI is InChI=1S/C20H20BrNO5S/c1-4-9-27-14-8-7-13(21)10-12(14)11-15-18(24)17(20(25)26-6-3)19(28-15)22-16(23)5-2/h4,7-8,10-11,24H,1,5-6,9H2,2-3H3/b15-11-,22-19?. The van der Waals surface area contributed by atoms with Crippen LogP contribution in [0, 0.1) is 0 Å². The molecule has 0 spiro atoms. The lowest BCUT2D eigenvalue weighted by Crippen LogP contribution is -2.14. The number of ether oxygens (including phenoxy) is 2. The van der Waals surface area contributed by atoms with E-state index in [0.717, 1.165) is 16.2 Å². The van der Waals surface area contributed by atoms with Gasteiger partial charge in [0.25, 0.3) is 0 Å². The predicted molar refractivity (Wildman–Crippen MR) is 114 cm³/mol. The molecule has 0 fully saturated rings. The first-order valence-electron chi connectivity index (χ1n) is 8.56. The fourth-order valence-corrected chi connectivity index (χ4v) is 3.64. The summed E-state index contributed by atoms with van der Waals surface area (Å²) >= 11 is 4.44. The van der Waals surface area contributed by atoms with Crippen LogP contribution in [-0.4, -0.2) is 35.2 Å². The highest BCUT2D eigenvalue weighted by molar-refractivity contribution is 9.10. The van der Waals surface area contributed by atoms with Crippen LogP contribution in [0.5, 0.6) is 5.75 Å². The van der Waals surface area contributed by atoms with Crippen molar-refractivity contribution in [2.75, 3.05) is 13.2 Å². The van der Waals surface area contributed by atoms with E-state index in [1.54, 1.807) is 32.1 Å². The molecule has 0 aliphatic carbocycles. The van der Waals surface area contributed by atoms with Crippen molar-refractivity contribution in [1.82, 2.24) is 0 Å². The molecular weight excluding hydrogens is 446 g/mol. The number of esters is 1. The maximum atomic E-state index is 12.3. The molecule has 0 unspecified atom stereocenters. The minimum Gasteiger partial charge on any atom is -0.506 e. The number of aliphatic hydroxyl groups is 1. The van der Waals surface area contributed by atoms with E-state index in [4.69, 9.17) is 9.47 Å². The van der Waals surface area contributed by atoms with Crippen LogP contribution in [0.3, 0.4) is 0 Å². The Labute approximate surface area is 176 Å². The van der Waals surface area contributed by atoms with Gasteiger partial charge >= 0.3 is 5.97 Å². The molecule has 28 heavy (non-hydrogen) atoms. The van der Waals surface area contributed by atoms with Gasteiger partial charge in [0, 0.05) is 16.5 Å². The van der Waals surface area contributed by atoms with Gasteiger partial charge in [0.15, 0.2) is 0 Å². The second-order valence-electron chi connectivity index (χ2n) is 5.50. The van der Waals surface area contributed by atoms with Crippen molar-refractivity contribution in [2.45, 2.75) is 20.3 Å². The summed E-state index contributed by atoms with van der Waals surface area (Å²) in [4.78, 5) is 28.4. The molecule has 1 heterocycles. The fraction of sp³-hybridized carbons (Fsp3) is 0.250. The summed E-state index contributed by atoms with van der Waals surface area (Å²) in [6, 6.07) is 5.42. The Balaban J connectivity index is 2.52. The molecule has 0 atom stereocenters. The van der Waals surface area contributed by atoms with Crippen molar-refractivity contribution in [2.24, 2.45) is 4.99 Å². The largest absolute Gasteiger partial charge is 0.506 e. The van der Waals surface area contributed by atoms with Crippen molar-refractivity contribution in [3.63, 3.8) is 0 Å². The van der Waals surface area contributed by atoms with Crippen LogP contribution < -0.4 is 4.74 Å². The van der Waals surface area contributed by atoms with Crippen LogP contribution in [0.15, 0.2) is 56.6 Å². The zero-order chi connectivity index (χ0) is 20.7. The topological polar surface area (TPSA) is 85.2 Å². The van der Waals surface area contributed by atoms with E-state index in [9.17, 15) is 14.7 Å². The normalized spacial score (nSPS) is 16.5. The molecule has 0 saturated carbocycles. The van der Waals surface area contributed by atoms with Gasteiger partial charge in [-0.05, 0) is 31.2 Å². The van der Waals surface area contributed by atoms with Crippen LogP contribution in [-0.2, 0) is 14.3 Å². The van der Waals surface area contributed by atoms with Crippen LogP contribution in [0.25, 0.3) is 6.08 Å².